The van der Waals surface area contributed by atoms with Crippen LogP contribution < -0.4 is 10.5 Å². The van der Waals surface area contributed by atoms with E-state index in [9.17, 15) is 5.26 Å². The van der Waals surface area contributed by atoms with E-state index in [4.69, 9.17) is 10.5 Å². The first-order valence-corrected chi connectivity index (χ1v) is 10.5. The number of aryl methyl sites for hydroxylation is 1. The van der Waals surface area contributed by atoms with Crippen LogP contribution in [0.2, 0.25) is 0 Å². The molecule has 0 atom stereocenters. The molecule has 0 fully saturated rings. The first-order valence-electron chi connectivity index (χ1n) is 9.72. The quantitative estimate of drug-likeness (QED) is 0.425. The van der Waals surface area contributed by atoms with Gasteiger partial charge in [0.2, 0.25) is 5.06 Å². The fourth-order valence-corrected chi connectivity index (χ4v) is 4.11. The number of rotatable bonds is 6. The highest BCUT2D eigenvalue weighted by Crippen LogP contribution is 2.40. The molecular weight excluding hydrogens is 390 g/mol. The highest BCUT2D eigenvalue weighted by Gasteiger charge is 2.17. The fraction of sp³-hybridized carbons (Fsp3) is 0.120. The lowest BCUT2D eigenvalue weighted by atomic mass is 10.0. The van der Waals surface area contributed by atoms with Gasteiger partial charge in [0.1, 0.15) is 16.8 Å². The first kappa shape index (κ1) is 19.8. The Morgan fingerprint density at radius 3 is 2.47 bits per heavy atom. The summed E-state index contributed by atoms with van der Waals surface area (Å²) in [7, 11) is 0. The van der Waals surface area contributed by atoms with Crippen molar-refractivity contribution in [3.63, 3.8) is 0 Å². The van der Waals surface area contributed by atoms with Gasteiger partial charge in [-0.2, -0.15) is 5.26 Å². The molecule has 5 heteroatoms. The average Bonchev–Trinajstić information content (AvgIpc) is 3.18. The number of nitrogens with two attached hydrogens (primary N) is 1. The zero-order chi connectivity index (χ0) is 20.9. The number of hydrogen-bond donors (Lipinski definition) is 1. The Kier molecular flexibility index (Phi) is 5.89. The van der Waals surface area contributed by atoms with E-state index in [0.717, 1.165) is 33.7 Å². The van der Waals surface area contributed by atoms with Crippen LogP contribution >= 0.6 is 11.3 Å². The Bertz CT molecular complexity index is 1190. The van der Waals surface area contributed by atoms with E-state index < -0.39 is 0 Å². The van der Waals surface area contributed by atoms with Crippen LogP contribution in [0.1, 0.15) is 16.8 Å². The molecule has 4 nitrogen and oxygen atoms in total. The van der Waals surface area contributed by atoms with Crippen molar-refractivity contribution < 1.29 is 4.74 Å². The van der Waals surface area contributed by atoms with Crippen molar-refractivity contribution in [3.8, 4) is 38.6 Å². The first-order chi connectivity index (χ1) is 14.7. The Labute approximate surface area is 180 Å². The van der Waals surface area contributed by atoms with Crippen LogP contribution in [0.3, 0.4) is 0 Å². The van der Waals surface area contributed by atoms with E-state index in [0.29, 0.717) is 23.1 Å². The van der Waals surface area contributed by atoms with Gasteiger partial charge < -0.3 is 10.5 Å². The van der Waals surface area contributed by atoms with E-state index in [1.54, 1.807) is 0 Å². The molecule has 30 heavy (non-hydrogen) atoms. The third-order valence-corrected chi connectivity index (χ3v) is 5.74. The predicted octanol–water partition coefficient (Wildman–Crippen LogP) is 5.95. The van der Waals surface area contributed by atoms with Gasteiger partial charge in [0.05, 0.1) is 0 Å². The summed E-state index contributed by atoms with van der Waals surface area (Å²) in [5.41, 5.74) is 11.2. The fourth-order valence-electron chi connectivity index (χ4n) is 3.22. The molecule has 0 amide bonds. The third kappa shape index (κ3) is 4.25. The summed E-state index contributed by atoms with van der Waals surface area (Å²) in [6, 6.07) is 26.4. The molecule has 0 unspecified atom stereocenters. The minimum absolute atomic E-state index is 0.296. The van der Waals surface area contributed by atoms with E-state index in [2.05, 4.69) is 41.4 Å². The van der Waals surface area contributed by atoms with Gasteiger partial charge in [-0.15, -0.1) is 0 Å². The molecule has 0 aliphatic rings. The van der Waals surface area contributed by atoms with Crippen LogP contribution in [0.5, 0.6) is 10.8 Å². The number of thiazole rings is 1. The molecule has 4 aromatic rings. The van der Waals surface area contributed by atoms with E-state index in [1.165, 1.54) is 16.9 Å². The van der Waals surface area contributed by atoms with Gasteiger partial charge in [0, 0.05) is 11.1 Å². The van der Waals surface area contributed by atoms with Crippen molar-refractivity contribution in [1.82, 2.24) is 4.98 Å². The highest BCUT2D eigenvalue weighted by atomic mass is 32.1. The Morgan fingerprint density at radius 2 is 1.77 bits per heavy atom. The lowest BCUT2D eigenvalue weighted by Crippen LogP contribution is -2.02. The van der Waals surface area contributed by atoms with Crippen LogP contribution in [0, 0.1) is 18.3 Å². The molecule has 1 aromatic heterocycles. The van der Waals surface area contributed by atoms with Crippen LogP contribution in [-0.2, 0) is 6.42 Å². The molecule has 0 saturated heterocycles. The molecule has 0 saturated carbocycles. The molecule has 0 bridgehead atoms. The monoisotopic (exact) mass is 411 g/mol. The van der Waals surface area contributed by atoms with E-state index in [-0.39, 0.29) is 0 Å². The Morgan fingerprint density at radius 1 is 1.00 bits per heavy atom. The summed E-state index contributed by atoms with van der Waals surface area (Å²) in [6.07, 6.45) is 0.853. The summed E-state index contributed by atoms with van der Waals surface area (Å²) in [4.78, 5) is 4.47. The number of hydrogen-bond acceptors (Lipinski definition) is 5. The van der Waals surface area contributed by atoms with Gasteiger partial charge in [-0.05, 0) is 42.6 Å². The molecule has 1 heterocycles. The van der Waals surface area contributed by atoms with Gasteiger partial charge in [0.25, 0.3) is 0 Å². The third-order valence-electron chi connectivity index (χ3n) is 4.76. The van der Waals surface area contributed by atoms with Crippen molar-refractivity contribution in [2.24, 2.45) is 5.73 Å². The summed E-state index contributed by atoms with van der Waals surface area (Å²) < 4.78 is 6.26. The molecule has 148 valence electrons. The molecule has 0 radical (unpaired) electrons. The Balaban J connectivity index is 1.71. The molecule has 0 aliphatic heterocycles. The standard InChI is InChI=1S/C25H21N3OS/c1-17-7-12-21(19-10-8-18(9-11-19)13-14-26)23(15-17)29-25-22(16-27)28-24(30-25)20-5-3-2-4-6-20/h2-12,15H,13-14,26H2,1H3. The van der Waals surface area contributed by atoms with Gasteiger partial charge in [-0.3, -0.25) is 0 Å². The number of ether oxygens (including phenoxy) is 1. The van der Waals surface area contributed by atoms with E-state index >= 15 is 0 Å². The van der Waals surface area contributed by atoms with Gasteiger partial charge in [-0.25, -0.2) is 4.98 Å². The minimum atomic E-state index is 0.296. The van der Waals surface area contributed by atoms with Crippen LogP contribution in [-0.4, -0.2) is 11.5 Å². The normalized spacial score (nSPS) is 10.6. The van der Waals surface area contributed by atoms with Crippen molar-refractivity contribution in [2.45, 2.75) is 13.3 Å². The number of aromatic nitrogens is 1. The van der Waals surface area contributed by atoms with Crippen LogP contribution in [0.15, 0.2) is 72.8 Å². The predicted molar refractivity (Wildman–Crippen MR) is 122 cm³/mol. The van der Waals surface area contributed by atoms with Gasteiger partial charge >= 0.3 is 0 Å². The summed E-state index contributed by atoms with van der Waals surface area (Å²) in [5.74, 6) is 0.710. The molecule has 4 rings (SSSR count). The number of nitriles is 1. The lowest BCUT2D eigenvalue weighted by molar-refractivity contribution is 0.495. The average molecular weight is 412 g/mol. The molecule has 0 aliphatic carbocycles. The largest absolute Gasteiger partial charge is 0.443 e. The maximum absolute atomic E-state index is 9.58. The van der Waals surface area contributed by atoms with Crippen molar-refractivity contribution >= 4 is 11.3 Å². The van der Waals surface area contributed by atoms with E-state index in [1.807, 2.05) is 49.4 Å². The zero-order valence-corrected chi connectivity index (χ0v) is 17.4. The second kappa shape index (κ2) is 8.91. The van der Waals surface area contributed by atoms with Crippen molar-refractivity contribution in [1.29, 1.82) is 5.26 Å². The second-order valence-electron chi connectivity index (χ2n) is 6.97. The highest BCUT2D eigenvalue weighted by molar-refractivity contribution is 7.17. The van der Waals surface area contributed by atoms with Crippen LogP contribution in [0.4, 0.5) is 0 Å². The maximum Gasteiger partial charge on any atom is 0.219 e. The van der Waals surface area contributed by atoms with Crippen LogP contribution in [0.25, 0.3) is 21.7 Å². The summed E-state index contributed by atoms with van der Waals surface area (Å²) >= 11 is 1.38. The maximum atomic E-state index is 9.58. The summed E-state index contributed by atoms with van der Waals surface area (Å²) in [5, 5.41) is 10.9. The SMILES string of the molecule is Cc1ccc(-c2ccc(CCN)cc2)c(Oc2sc(-c3ccccc3)nc2C#N)c1. The van der Waals surface area contributed by atoms with Gasteiger partial charge in [0.15, 0.2) is 5.69 Å². The summed E-state index contributed by atoms with van der Waals surface area (Å²) in [6.45, 7) is 2.65. The number of benzene rings is 3. The van der Waals surface area contributed by atoms with Crippen molar-refractivity contribution in [3.05, 3.63) is 89.6 Å². The molecule has 3 aromatic carbocycles. The Hall–Kier alpha value is -3.46. The van der Waals surface area contributed by atoms with Crippen molar-refractivity contribution in [2.75, 3.05) is 6.54 Å². The number of nitrogens with zero attached hydrogens (tertiary/aromatic N) is 2. The van der Waals surface area contributed by atoms with Gasteiger partial charge in [-0.1, -0.05) is 78.1 Å². The molecular formula is C25H21N3OS. The lowest BCUT2D eigenvalue weighted by Gasteiger charge is -2.12. The zero-order valence-electron chi connectivity index (χ0n) is 16.6. The molecule has 0 spiro atoms. The topological polar surface area (TPSA) is 71.9 Å². The molecule has 2 N–H and O–H groups in total. The minimum Gasteiger partial charge on any atom is -0.443 e. The smallest absolute Gasteiger partial charge is 0.219 e. The second-order valence-corrected chi connectivity index (χ2v) is 7.93.